The lowest BCUT2D eigenvalue weighted by Gasteiger charge is -2.14. The molecule has 0 amide bonds. The molecule has 0 bridgehead atoms. The number of aromatic nitrogens is 2. The molecule has 2 atom stereocenters. The number of aliphatic hydroxyl groups excluding tert-OH is 1. The number of nitrogen functional groups attached to an aromatic ring is 2. The van der Waals surface area contributed by atoms with Crippen molar-refractivity contribution in [2.75, 3.05) is 29.9 Å². The maximum atomic E-state index is 9.09. The molecule has 2 unspecified atom stereocenters. The molecule has 0 aromatic carbocycles. The highest BCUT2D eigenvalue weighted by atomic mass is 35.5. The number of aliphatic hydroxyl groups is 1. The molecule has 0 saturated heterocycles. The molecule has 7 heteroatoms. The molecule has 0 aliphatic heterocycles. The highest BCUT2D eigenvalue weighted by Crippen LogP contribution is 2.31. The summed E-state index contributed by atoms with van der Waals surface area (Å²) in [4.78, 5) is 7.80. The maximum Gasteiger partial charge on any atom is 0.223 e. The highest BCUT2D eigenvalue weighted by Gasteiger charge is 2.24. The Kier molecular flexibility index (Phi) is 4.08. The van der Waals surface area contributed by atoms with Crippen molar-refractivity contribution in [3.8, 4) is 0 Å². The van der Waals surface area contributed by atoms with Crippen molar-refractivity contribution in [3.63, 3.8) is 0 Å². The Hall–Kier alpha value is -1.27. The van der Waals surface area contributed by atoms with Gasteiger partial charge in [0, 0.05) is 13.2 Å². The molecule has 1 aliphatic rings. The van der Waals surface area contributed by atoms with E-state index in [1.165, 1.54) is 0 Å². The van der Waals surface area contributed by atoms with Crippen LogP contribution in [0.3, 0.4) is 0 Å². The molecule has 1 aromatic rings. The van der Waals surface area contributed by atoms with Gasteiger partial charge in [0.2, 0.25) is 5.95 Å². The van der Waals surface area contributed by atoms with Gasteiger partial charge in [-0.2, -0.15) is 9.97 Å². The van der Waals surface area contributed by atoms with Crippen LogP contribution in [0.2, 0.25) is 5.15 Å². The van der Waals surface area contributed by atoms with E-state index in [9.17, 15) is 0 Å². The second-order valence-corrected chi connectivity index (χ2v) is 5.10. The van der Waals surface area contributed by atoms with E-state index in [1.54, 1.807) is 0 Å². The molecule has 6 N–H and O–H groups in total. The number of nitrogens with zero attached hydrogens (tertiary/aromatic N) is 2. The first kappa shape index (κ1) is 13.2. The van der Waals surface area contributed by atoms with Crippen LogP contribution in [-0.2, 0) is 0 Å². The van der Waals surface area contributed by atoms with Crippen molar-refractivity contribution < 1.29 is 5.11 Å². The van der Waals surface area contributed by atoms with Crippen molar-refractivity contribution in [2.45, 2.75) is 19.3 Å². The fourth-order valence-electron chi connectivity index (χ4n) is 2.36. The first-order valence-electron chi connectivity index (χ1n) is 6.03. The molecule has 1 aromatic heterocycles. The Balaban J connectivity index is 1.94. The number of rotatable bonds is 4. The summed E-state index contributed by atoms with van der Waals surface area (Å²) >= 11 is 5.83. The van der Waals surface area contributed by atoms with Gasteiger partial charge in [0.05, 0.1) is 0 Å². The van der Waals surface area contributed by atoms with Crippen LogP contribution in [0.15, 0.2) is 0 Å². The monoisotopic (exact) mass is 271 g/mol. The number of hydrogen-bond donors (Lipinski definition) is 4. The fourth-order valence-corrected chi connectivity index (χ4v) is 2.54. The second-order valence-electron chi connectivity index (χ2n) is 4.74. The van der Waals surface area contributed by atoms with Gasteiger partial charge in [-0.15, -0.1) is 0 Å². The fraction of sp³-hybridized carbons (Fsp3) is 0.636. The van der Waals surface area contributed by atoms with Crippen molar-refractivity contribution in [1.29, 1.82) is 0 Å². The van der Waals surface area contributed by atoms with E-state index in [-0.39, 0.29) is 17.7 Å². The Bertz CT molecular complexity index is 428. The summed E-state index contributed by atoms with van der Waals surface area (Å²) in [5.74, 6) is 1.54. The molecule has 6 nitrogen and oxygen atoms in total. The third-order valence-electron chi connectivity index (χ3n) is 3.38. The van der Waals surface area contributed by atoms with E-state index < -0.39 is 0 Å². The molecule has 0 radical (unpaired) electrons. The molecule has 18 heavy (non-hydrogen) atoms. The average molecular weight is 272 g/mol. The number of hydrogen-bond acceptors (Lipinski definition) is 6. The van der Waals surface area contributed by atoms with Gasteiger partial charge in [0.15, 0.2) is 11.0 Å². The number of anilines is 3. The lowest BCUT2D eigenvalue weighted by atomic mass is 10.1. The Labute approximate surface area is 111 Å². The standard InChI is InChI=1S/C11H18ClN5O/c12-9-8(13)10(17-11(14)16-9)15-4-6-1-2-7(3-6)5-18/h6-7,18H,1-5,13H2,(H3,14,15,16,17). The van der Waals surface area contributed by atoms with Crippen molar-refractivity contribution in [1.82, 2.24) is 9.97 Å². The molecule has 1 aliphatic carbocycles. The summed E-state index contributed by atoms with van der Waals surface area (Å²) in [6.07, 6.45) is 3.20. The van der Waals surface area contributed by atoms with Crippen molar-refractivity contribution >= 4 is 29.1 Å². The minimum atomic E-state index is 0.108. The summed E-state index contributed by atoms with van der Waals surface area (Å²) in [7, 11) is 0. The van der Waals surface area contributed by atoms with Crippen LogP contribution in [0.25, 0.3) is 0 Å². The smallest absolute Gasteiger partial charge is 0.223 e. The van der Waals surface area contributed by atoms with Gasteiger partial charge in [-0.25, -0.2) is 0 Å². The summed E-state index contributed by atoms with van der Waals surface area (Å²) < 4.78 is 0. The Morgan fingerprint density at radius 2 is 2.00 bits per heavy atom. The summed E-state index contributed by atoms with van der Waals surface area (Å²) in [6, 6.07) is 0. The molecule has 1 fully saturated rings. The molecule has 100 valence electrons. The van der Waals surface area contributed by atoms with Gasteiger partial charge in [-0.05, 0) is 31.1 Å². The second kappa shape index (κ2) is 5.58. The highest BCUT2D eigenvalue weighted by molar-refractivity contribution is 6.32. The normalized spacial score (nSPS) is 23.2. The van der Waals surface area contributed by atoms with Gasteiger partial charge < -0.3 is 21.9 Å². The predicted octanol–water partition coefficient (Wildman–Crippen LogP) is 1.11. The first-order chi connectivity index (χ1) is 8.60. The number of halogens is 1. The quantitative estimate of drug-likeness (QED) is 0.611. The van der Waals surface area contributed by atoms with E-state index in [4.69, 9.17) is 28.2 Å². The lowest BCUT2D eigenvalue weighted by molar-refractivity contribution is 0.226. The van der Waals surface area contributed by atoms with Gasteiger partial charge in [0.1, 0.15) is 5.69 Å². The summed E-state index contributed by atoms with van der Waals surface area (Å²) in [5, 5.41) is 12.4. The van der Waals surface area contributed by atoms with Gasteiger partial charge in [0.25, 0.3) is 0 Å². The first-order valence-corrected chi connectivity index (χ1v) is 6.41. The van der Waals surface area contributed by atoms with Crippen LogP contribution < -0.4 is 16.8 Å². The zero-order valence-corrected chi connectivity index (χ0v) is 10.8. The van der Waals surface area contributed by atoms with E-state index >= 15 is 0 Å². The van der Waals surface area contributed by atoms with E-state index in [0.29, 0.717) is 23.3 Å². The largest absolute Gasteiger partial charge is 0.396 e. The van der Waals surface area contributed by atoms with Crippen LogP contribution in [-0.4, -0.2) is 28.2 Å². The number of nitrogens with one attached hydrogen (secondary N) is 1. The minimum Gasteiger partial charge on any atom is -0.396 e. The average Bonchev–Trinajstić information content (AvgIpc) is 2.80. The Morgan fingerprint density at radius 3 is 2.67 bits per heavy atom. The maximum absolute atomic E-state index is 9.09. The molecular formula is C11H18ClN5O. The third kappa shape index (κ3) is 2.94. The topological polar surface area (TPSA) is 110 Å². The predicted molar refractivity (Wildman–Crippen MR) is 72.3 cm³/mol. The molecule has 2 rings (SSSR count). The minimum absolute atomic E-state index is 0.108. The molecule has 1 heterocycles. The van der Waals surface area contributed by atoms with E-state index in [2.05, 4.69) is 15.3 Å². The van der Waals surface area contributed by atoms with Crippen LogP contribution in [0.5, 0.6) is 0 Å². The molecular weight excluding hydrogens is 254 g/mol. The zero-order chi connectivity index (χ0) is 13.1. The van der Waals surface area contributed by atoms with Crippen LogP contribution >= 0.6 is 11.6 Å². The van der Waals surface area contributed by atoms with Crippen LogP contribution in [0.4, 0.5) is 17.5 Å². The number of nitrogens with two attached hydrogens (primary N) is 2. The van der Waals surface area contributed by atoms with Crippen molar-refractivity contribution in [2.24, 2.45) is 11.8 Å². The van der Waals surface area contributed by atoms with Gasteiger partial charge in [-0.3, -0.25) is 0 Å². The van der Waals surface area contributed by atoms with Crippen LogP contribution in [0.1, 0.15) is 19.3 Å². The summed E-state index contributed by atoms with van der Waals surface area (Å²) in [6.45, 7) is 1.03. The Morgan fingerprint density at radius 1 is 1.28 bits per heavy atom. The van der Waals surface area contributed by atoms with Crippen LogP contribution in [0, 0.1) is 11.8 Å². The van der Waals surface area contributed by atoms with E-state index in [1.807, 2.05) is 0 Å². The van der Waals surface area contributed by atoms with Gasteiger partial charge >= 0.3 is 0 Å². The summed E-state index contributed by atoms with van der Waals surface area (Å²) in [5.41, 5.74) is 11.6. The van der Waals surface area contributed by atoms with E-state index in [0.717, 1.165) is 25.8 Å². The van der Waals surface area contributed by atoms with Gasteiger partial charge in [-0.1, -0.05) is 11.6 Å². The third-order valence-corrected chi connectivity index (χ3v) is 3.67. The molecule has 0 spiro atoms. The lowest BCUT2D eigenvalue weighted by Crippen LogP contribution is -2.15. The SMILES string of the molecule is Nc1nc(Cl)c(N)c(NCC2CCC(CO)C2)n1. The molecule has 1 saturated carbocycles. The zero-order valence-electron chi connectivity index (χ0n) is 10.1. The van der Waals surface area contributed by atoms with Crippen molar-refractivity contribution in [3.05, 3.63) is 5.15 Å².